The maximum atomic E-state index is 12.4. The second-order valence-electron chi connectivity index (χ2n) is 6.73. The molecule has 7 nitrogen and oxygen atoms in total. The minimum Gasteiger partial charge on any atom is -0.484 e. The summed E-state index contributed by atoms with van der Waals surface area (Å²) < 4.78 is 10.7. The lowest BCUT2D eigenvalue weighted by Crippen LogP contribution is -2.35. The average molecular weight is 392 g/mol. The third-order valence-electron chi connectivity index (χ3n) is 4.94. The summed E-state index contributed by atoms with van der Waals surface area (Å²) in [5.74, 6) is 1.58. The van der Waals surface area contributed by atoms with Crippen LogP contribution in [0.1, 0.15) is 10.6 Å². The molecule has 2 atom stereocenters. The lowest BCUT2D eigenvalue weighted by Gasteiger charge is -2.18. The van der Waals surface area contributed by atoms with Crippen LogP contribution in [0.3, 0.4) is 0 Å². The molecule has 0 spiro atoms. The molecule has 0 bridgehead atoms. The number of fused-ring (bicyclic) bond motifs is 1. The summed E-state index contributed by atoms with van der Waals surface area (Å²) in [5.41, 5.74) is 0.582. The predicted octanol–water partition coefficient (Wildman–Crippen LogP) is 2.01. The number of benzene rings is 1. The molecule has 3 heterocycles. The second-order valence-corrected chi connectivity index (χ2v) is 6.73. The number of ether oxygens (including phenoxy) is 1. The number of anilines is 1. The van der Waals surface area contributed by atoms with E-state index in [2.05, 4.69) is 10.6 Å². The first-order chi connectivity index (χ1) is 12.7. The number of likely N-dealkylation sites (tertiary alicyclic amines) is 1. The molecule has 2 aliphatic rings. The lowest BCUT2D eigenvalue weighted by atomic mass is 10.0. The molecule has 1 aromatic carbocycles. The highest BCUT2D eigenvalue weighted by molar-refractivity contribution is 6.02. The maximum Gasteiger partial charge on any atom is 0.291 e. The average Bonchev–Trinajstić information content (AvgIpc) is 3.36. The molecule has 27 heavy (non-hydrogen) atoms. The zero-order valence-corrected chi connectivity index (χ0v) is 15.5. The van der Waals surface area contributed by atoms with Crippen LogP contribution in [0.4, 0.5) is 5.69 Å². The van der Waals surface area contributed by atoms with Gasteiger partial charge in [0.2, 0.25) is 0 Å². The number of nitrogens with one attached hydrogen (secondary N) is 2. The number of carbonyl (C=O) groups is 2. The van der Waals surface area contributed by atoms with Gasteiger partial charge in [-0.3, -0.25) is 9.59 Å². The van der Waals surface area contributed by atoms with Gasteiger partial charge in [-0.1, -0.05) is 6.07 Å². The van der Waals surface area contributed by atoms with Gasteiger partial charge in [-0.25, -0.2) is 0 Å². The molecule has 2 saturated heterocycles. The quantitative estimate of drug-likeness (QED) is 0.814. The van der Waals surface area contributed by atoms with Gasteiger partial charge in [0.05, 0.1) is 6.26 Å². The van der Waals surface area contributed by atoms with E-state index in [-0.39, 0.29) is 36.6 Å². The Balaban J connectivity index is 0.00000210. The Morgan fingerprint density at radius 2 is 1.96 bits per heavy atom. The topological polar surface area (TPSA) is 83.8 Å². The number of hydrogen-bond acceptors (Lipinski definition) is 5. The summed E-state index contributed by atoms with van der Waals surface area (Å²) >= 11 is 0. The normalized spacial score (nSPS) is 20.7. The number of halogens is 1. The Morgan fingerprint density at radius 1 is 1.19 bits per heavy atom. The SMILES string of the molecule is Cl.O=C(Nc1cccc(OCC(=O)N2C[C@H]3CNC[C@H]3C2)c1)c1ccco1. The fourth-order valence-electron chi connectivity index (χ4n) is 3.56. The van der Waals surface area contributed by atoms with Crippen molar-refractivity contribution in [3.05, 3.63) is 48.4 Å². The third-order valence-corrected chi connectivity index (χ3v) is 4.94. The van der Waals surface area contributed by atoms with Crippen LogP contribution >= 0.6 is 12.4 Å². The highest BCUT2D eigenvalue weighted by atomic mass is 35.5. The van der Waals surface area contributed by atoms with E-state index in [1.807, 2.05) is 4.90 Å². The van der Waals surface area contributed by atoms with E-state index in [0.717, 1.165) is 26.2 Å². The van der Waals surface area contributed by atoms with Crippen molar-refractivity contribution >= 4 is 29.9 Å². The maximum absolute atomic E-state index is 12.4. The Kier molecular flexibility index (Phi) is 6.03. The van der Waals surface area contributed by atoms with Crippen LogP contribution in [0.5, 0.6) is 5.75 Å². The molecule has 2 aromatic rings. The Hall–Kier alpha value is -2.51. The second kappa shape index (κ2) is 8.45. The van der Waals surface area contributed by atoms with Gasteiger partial charge in [-0.15, -0.1) is 12.4 Å². The van der Waals surface area contributed by atoms with Crippen molar-refractivity contribution in [2.75, 3.05) is 38.1 Å². The monoisotopic (exact) mass is 391 g/mol. The van der Waals surface area contributed by atoms with E-state index in [1.165, 1.54) is 6.26 Å². The van der Waals surface area contributed by atoms with Gasteiger partial charge >= 0.3 is 0 Å². The van der Waals surface area contributed by atoms with Crippen LogP contribution in [0.25, 0.3) is 0 Å². The molecule has 2 aliphatic heterocycles. The number of amides is 2. The van der Waals surface area contributed by atoms with Crippen molar-refractivity contribution in [1.82, 2.24) is 10.2 Å². The van der Waals surface area contributed by atoms with E-state index in [9.17, 15) is 9.59 Å². The molecule has 144 valence electrons. The predicted molar refractivity (Wildman–Crippen MR) is 102 cm³/mol. The number of rotatable bonds is 5. The van der Waals surface area contributed by atoms with Crippen molar-refractivity contribution in [1.29, 1.82) is 0 Å². The molecule has 1 aromatic heterocycles. The summed E-state index contributed by atoms with van der Waals surface area (Å²) in [6, 6.07) is 10.2. The van der Waals surface area contributed by atoms with Crippen molar-refractivity contribution in [2.24, 2.45) is 11.8 Å². The van der Waals surface area contributed by atoms with Crippen LogP contribution in [0, 0.1) is 11.8 Å². The van der Waals surface area contributed by atoms with Gasteiger partial charge < -0.3 is 24.7 Å². The smallest absolute Gasteiger partial charge is 0.291 e. The Bertz CT molecular complexity index is 784. The standard InChI is InChI=1S/C19H21N3O4.ClH/c23-18(22-10-13-8-20-9-14(13)11-22)12-26-16-4-1-3-15(7-16)21-19(24)17-5-2-6-25-17;/h1-7,13-14,20H,8-12H2,(H,21,24);1H/t13-,14+;. The number of carbonyl (C=O) groups excluding carboxylic acids is 2. The summed E-state index contributed by atoms with van der Waals surface area (Å²) in [5, 5.41) is 6.10. The van der Waals surface area contributed by atoms with Crippen LogP contribution < -0.4 is 15.4 Å². The fraction of sp³-hybridized carbons (Fsp3) is 0.368. The van der Waals surface area contributed by atoms with E-state index < -0.39 is 0 Å². The van der Waals surface area contributed by atoms with Gasteiger partial charge in [-0.05, 0) is 36.1 Å². The number of hydrogen-bond donors (Lipinski definition) is 2. The van der Waals surface area contributed by atoms with Crippen LogP contribution in [-0.2, 0) is 4.79 Å². The molecular weight excluding hydrogens is 370 g/mol. The third kappa shape index (κ3) is 4.43. The van der Waals surface area contributed by atoms with Gasteiger partial charge in [-0.2, -0.15) is 0 Å². The van der Waals surface area contributed by atoms with Crippen LogP contribution in [-0.4, -0.2) is 49.5 Å². The molecule has 2 amide bonds. The summed E-state index contributed by atoms with van der Waals surface area (Å²) in [6.45, 7) is 3.60. The molecule has 0 aliphatic carbocycles. The molecule has 4 rings (SSSR count). The lowest BCUT2D eigenvalue weighted by molar-refractivity contribution is -0.132. The molecule has 2 N–H and O–H groups in total. The highest BCUT2D eigenvalue weighted by Crippen LogP contribution is 2.26. The van der Waals surface area contributed by atoms with Crippen molar-refractivity contribution in [2.45, 2.75) is 0 Å². The minimum absolute atomic E-state index is 0. The molecule has 0 radical (unpaired) electrons. The Morgan fingerprint density at radius 3 is 2.67 bits per heavy atom. The number of furan rings is 1. The van der Waals surface area contributed by atoms with E-state index in [0.29, 0.717) is 23.3 Å². The number of nitrogens with zero attached hydrogens (tertiary/aromatic N) is 1. The largest absolute Gasteiger partial charge is 0.484 e. The van der Waals surface area contributed by atoms with Gasteiger partial charge in [0.15, 0.2) is 12.4 Å². The van der Waals surface area contributed by atoms with Gasteiger partial charge in [0.1, 0.15) is 5.75 Å². The summed E-state index contributed by atoms with van der Waals surface area (Å²) in [6.07, 6.45) is 1.45. The van der Waals surface area contributed by atoms with Crippen LogP contribution in [0.2, 0.25) is 0 Å². The van der Waals surface area contributed by atoms with Gasteiger partial charge in [0.25, 0.3) is 11.8 Å². The van der Waals surface area contributed by atoms with Crippen LogP contribution in [0.15, 0.2) is 47.1 Å². The first kappa shape index (κ1) is 19.3. The molecule has 0 saturated carbocycles. The summed E-state index contributed by atoms with van der Waals surface area (Å²) in [7, 11) is 0. The zero-order valence-electron chi connectivity index (χ0n) is 14.7. The molecule has 2 fully saturated rings. The van der Waals surface area contributed by atoms with Crippen molar-refractivity contribution in [3.63, 3.8) is 0 Å². The summed E-state index contributed by atoms with van der Waals surface area (Å²) in [4.78, 5) is 26.3. The Labute approximate surface area is 163 Å². The fourth-order valence-corrected chi connectivity index (χ4v) is 3.56. The first-order valence-corrected chi connectivity index (χ1v) is 8.75. The zero-order chi connectivity index (χ0) is 17.9. The minimum atomic E-state index is -0.333. The molecule has 0 unspecified atom stereocenters. The van der Waals surface area contributed by atoms with Crippen molar-refractivity contribution in [3.8, 4) is 5.75 Å². The van der Waals surface area contributed by atoms with E-state index in [1.54, 1.807) is 36.4 Å². The van der Waals surface area contributed by atoms with E-state index in [4.69, 9.17) is 9.15 Å². The first-order valence-electron chi connectivity index (χ1n) is 8.75. The molecular formula is C19H22ClN3O4. The van der Waals surface area contributed by atoms with Crippen molar-refractivity contribution < 1.29 is 18.7 Å². The molecule has 8 heteroatoms. The highest BCUT2D eigenvalue weighted by Gasteiger charge is 2.37. The van der Waals surface area contributed by atoms with E-state index >= 15 is 0 Å². The van der Waals surface area contributed by atoms with Gasteiger partial charge in [0, 0.05) is 37.9 Å².